The number of nitrogens with zero attached hydrogens (tertiary/aromatic N) is 1. The number of hydrogen-bond acceptors (Lipinski definition) is 3. The molecule has 1 fully saturated rings. The molecular formula is C18H24N2O. The van der Waals surface area contributed by atoms with Gasteiger partial charge in [-0.05, 0) is 37.1 Å². The van der Waals surface area contributed by atoms with E-state index < -0.39 is 0 Å². The van der Waals surface area contributed by atoms with E-state index in [1.54, 1.807) is 0 Å². The number of ether oxygens (including phenoxy) is 1. The highest BCUT2D eigenvalue weighted by molar-refractivity contribution is 5.82. The summed E-state index contributed by atoms with van der Waals surface area (Å²) in [6.07, 6.45) is 4.44. The molecule has 21 heavy (non-hydrogen) atoms. The van der Waals surface area contributed by atoms with Gasteiger partial charge in [0.25, 0.3) is 0 Å². The van der Waals surface area contributed by atoms with Gasteiger partial charge >= 0.3 is 0 Å². The first-order valence-electron chi connectivity index (χ1n) is 8.03. The van der Waals surface area contributed by atoms with E-state index in [1.165, 1.54) is 10.9 Å². The lowest BCUT2D eigenvalue weighted by atomic mass is 9.85. The predicted molar refractivity (Wildman–Crippen MR) is 86.3 cm³/mol. The number of rotatable bonds is 5. The largest absolute Gasteiger partial charge is 0.378 e. The predicted octanol–water partition coefficient (Wildman–Crippen LogP) is 3.70. The standard InChI is InChI=1S/C18H24N2O/c1-3-17-15(10-12-21-17)18(19-4-2)14-7-5-9-16-13(14)8-6-11-20-16/h5-9,11,15,17-19H,3-4,10,12H2,1-2H3. The first kappa shape index (κ1) is 14.5. The van der Waals surface area contributed by atoms with E-state index in [1.807, 2.05) is 12.3 Å². The van der Waals surface area contributed by atoms with E-state index in [2.05, 4.69) is 48.4 Å². The van der Waals surface area contributed by atoms with Gasteiger partial charge in [-0.15, -0.1) is 0 Å². The van der Waals surface area contributed by atoms with E-state index in [-0.39, 0.29) is 0 Å². The first-order chi connectivity index (χ1) is 10.3. The molecule has 0 bridgehead atoms. The molecule has 112 valence electrons. The molecule has 0 saturated carbocycles. The highest BCUT2D eigenvalue weighted by atomic mass is 16.5. The summed E-state index contributed by atoms with van der Waals surface area (Å²) < 4.78 is 5.92. The molecule has 1 N–H and O–H groups in total. The smallest absolute Gasteiger partial charge is 0.0705 e. The van der Waals surface area contributed by atoms with Crippen LogP contribution in [0, 0.1) is 5.92 Å². The normalized spacial score (nSPS) is 23.5. The maximum absolute atomic E-state index is 5.92. The summed E-state index contributed by atoms with van der Waals surface area (Å²) in [5.74, 6) is 0.542. The Kier molecular flexibility index (Phi) is 4.51. The Bertz CT molecular complexity index is 593. The van der Waals surface area contributed by atoms with E-state index in [0.717, 1.165) is 31.5 Å². The number of fused-ring (bicyclic) bond motifs is 1. The summed E-state index contributed by atoms with van der Waals surface area (Å²) in [4.78, 5) is 4.49. The van der Waals surface area contributed by atoms with Gasteiger partial charge in [-0.1, -0.05) is 32.0 Å². The molecule has 1 saturated heterocycles. The van der Waals surface area contributed by atoms with Crippen molar-refractivity contribution in [1.82, 2.24) is 10.3 Å². The molecule has 3 rings (SSSR count). The summed E-state index contributed by atoms with van der Waals surface area (Å²) in [6.45, 7) is 6.24. The molecule has 3 nitrogen and oxygen atoms in total. The first-order valence-corrected chi connectivity index (χ1v) is 8.03. The zero-order chi connectivity index (χ0) is 14.7. The van der Waals surface area contributed by atoms with Gasteiger partial charge in [0, 0.05) is 30.1 Å². The van der Waals surface area contributed by atoms with Gasteiger partial charge in [0.05, 0.1) is 11.6 Å². The van der Waals surface area contributed by atoms with E-state index >= 15 is 0 Å². The molecule has 1 aromatic carbocycles. The zero-order valence-corrected chi connectivity index (χ0v) is 12.9. The second-order valence-electron chi connectivity index (χ2n) is 5.72. The Morgan fingerprint density at radius 1 is 1.29 bits per heavy atom. The van der Waals surface area contributed by atoms with Crippen LogP contribution in [0.3, 0.4) is 0 Å². The topological polar surface area (TPSA) is 34.2 Å². The summed E-state index contributed by atoms with van der Waals surface area (Å²) in [7, 11) is 0. The van der Waals surface area contributed by atoms with E-state index in [0.29, 0.717) is 18.1 Å². The third-order valence-electron chi connectivity index (χ3n) is 4.53. The Morgan fingerprint density at radius 2 is 2.19 bits per heavy atom. The van der Waals surface area contributed by atoms with Crippen LogP contribution in [0.4, 0.5) is 0 Å². The van der Waals surface area contributed by atoms with Crippen LogP contribution in [0.25, 0.3) is 10.9 Å². The molecule has 1 aromatic heterocycles. The summed E-state index contributed by atoms with van der Waals surface area (Å²) in [6, 6.07) is 11.0. The third-order valence-corrected chi connectivity index (χ3v) is 4.53. The van der Waals surface area contributed by atoms with Crippen molar-refractivity contribution in [2.45, 2.75) is 38.8 Å². The van der Waals surface area contributed by atoms with Crippen LogP contribution >= 0.6 is 0 Å². The quantitative estimate of drug-likeness (QED) is 0.909. The van der Waals surface area contributed by atoms with Crippen molar-refractivity contribution in [3.05, 3.63) is 42.1 Å². The van der Waals surface area contributed by atoms with Crippen molar-refractivity contribution in [3.63, 3.8) is 0 Å². The minimum atomic E-state index is 0.343. The van der Waals surface area contributed by atoms with Gasteiger partial charge < -0.3 is 10.1 Å². The fraction of sp³-hybridized carbons (Fsp3) is 0.500. The summed E-state index contributed by atoms with van der Waals surface area (Å²) in [5, 5.41) is 4.95. The van der Waals surface area contributed by atoms with Crippen molar-refractivity contribution >= 4 is 10.9 Å². The Hall–Kier alpha value is -1.45. The monoisotopic (exact) mass is 284 g/mol. The molecule has 0 amide bonds. The van der Waals surface area contributed by atoms with Crippen LogP contribution in [0.2, 0.25) is 0 Å². The summed E-state index contributed by atoms with van der Waals surface area (Å²) >= 11 is 0. The molecule has 3 unspecified atom stereocenters. The highest BCUT2D eigenvalue weighted by Gasteiger charge is 2.34. The maximum atomic E-state index is 5.92. The van der Waals surface area contributed by atoms with Crippen molar-refractivity contribution in [3.8, 4) is 0 Å². The maximum Gasteiger partial charge on any atom is 0.0705 e. The lowest BCUT2D eigenvalue weighted by Crippen LogP contribution is -2.32. The second kappa shape index (κ2) is 6.54. The molecule has 2 aromatic rings. The number of pyridine rings is 1. The number of hydrogen-bond donors (Lipinski definition) is 1. The van der Waals surface area contributed by atoms with E-state index in [4.69, 9.17) is 4.74 Å². The average Bonchev–Trinajstić information content (AvgIpc) is 3.00. The molecule has 1 aliphatic rings. The highest BCUT2D eigenvalue weighted by Crippen LogP contribution is 2.37. The molecule has 0 spiro atoms. The van der Waals surface area contributed by atoms with Crippen LogP contribution in [0.5, 0.6) is 0 Å². The molecule has 0 radical (unpaired) electrons. The van der Waals surface area contributed by atoms with Crippen LogP contribution in [0.1, 0.15) is 38.3 Å². The second-order valence-corrected chi connectivity index (χ2v) is 5.72. The fourth-order valence-corrected chi connectivity index (χ4v) is 3.58. The van der Waals surface area contributed by atoms with Gasteiger partial charge in [0.2, 0.25) is 0 Å². The molecule has 1 aliphatic heterocycles. The Morgan fingerprint density at radius 3 is 3.00 bits per heavy atom. The number of aromatic nitrogens is 1. The molecule has 3 atom stereocenters. The van der Waals surface area contributed by atoms with Gasteiger partial charge in [0.15, 0.2) is 0 Å². The fourth-order valence-electron chi connectivity index (χ4n) is 3.58. The lowest BCUT2D eigenvalue weighted by molar-refractivity contribution is 0.0777. The zero-order valence-electron chi connectivity index (χ0n) is 12.9. The minimum absolute atomic E-state index is 0.343. The van der Waals surface area contributed by atoms with Crippen molar-refractivity contribution in [2.75, 3.05) is 13.2 Å². The van der Waals surface area contributed by atoms with Crippen molar-refractivity contribution in [1.29, 1.82) is 0 Å². The van der Waals surface area contributed by atoms with Gasteiger partial charge in [-0.25, -0.2) is 0 Å². The van der Waals surface area contributed by atoms with Gasteiger partial charge in [-0.2, -0.15) is 0 Å². The minimum Gasteiger partial charge on any atom is -0.378 e. The van der Waals surface area contributed by atoms with Gasteiger partial charge in [-0.3, -0.25) is 4.98 Å². The lowest BCUT2D eigenvalue weighted by Gasteiger charge is -2.29. The molecule has 3 heteroatoms. The van der Waals surface area contributed by atoms with Crippen molar-refractivity contribution < 1.29 is 4.74 Å². The van der Waals surface area contributed by atoms with Crippen LogP contribution < -0.4 is 5.32 Å². The molecule has 2 heterocycles. The average molecular weight is 284 g/mol. The Balaban J connectivity index is 2.03. The van der Waals surface area contributed by atoms with Crippen LogP contribution in [-0.4, -0.2) is 24.2 Å². The third kappa shape index (κ3) is 2.81. The number of nitrogens with one attached hydrogen (secondary N) is 1. The molecular weight excluding hydrogens is 260 g/mol. The van der Waals surface area contributed by atoms with Crippen LogP contribution in [-0.2, 0) is 4.74 Å². The van der Waals surface area contributed by atoms with Crippen LogP contribution in [0.15, 0.2) is 36.5 Å². The Labute approximate surface area is 126 Å². The van der Waals surface area contributed by atoms with Crippen molar-refractivity contribution in [2.24, 2.45) is 5.92 Å². The van der Waals surface area contributed by atoms with Gasteiger partial charge in [0.1, 0.15) is 0 Å². The summed E-state index contributed by atoms with van der Waals surface area (Å²) in [5.41, 5.74) is 2.43. The SMILES string of the molecule is CCNC(c1cccc2ncccc12)C1CCOC1CC. The number of benzene rings is 1. The molecule has 0 aliphatic carbocycles. The van der Waals surface area contributed by atoms with E-state index in [9.17, 15) is 0 Å².